The van der Waals surface area contributed by atoms with E-state index >= 15 is 0 Å². The molecule has 4 aliphatic rings. The van der Waals surface area contributed by atoms with Crippen molar-refractivity contribution in [3.63, 3.8) is 0 Å². The maximum absolute atomic E-state index is 14.1. The first kappa shape index (κ1) is 26.8. The van der Waals surface area contributed by atoms with E-state index in [4.69, 9.17) is 4.74 Å². The van der Waals surface area contributed by atoms with Crippen molar-refractivity contribution in [2.75, 3.05) is 37.4 Å². The van der Waals surface area contributed by atoms with Crippen LogP contribution in [0.1, 0.15) is 50.7 Å². The molecule has 0 spiro atoms. The van der Waals surface area contributed by atoms with Crippen LogP contribution in [0, 0.1) is 0 Å². The van der Waals surface area contributed by atoms with Gasteiger partial charge in [0.15, 0.2) is 9.84 Å². The number of nitrogens with one attached hydrogen (secondary N) is 2. The van der Waals surface area contributed by atoms with Gasteiger partial charge in [0, 0.05) is 25.0 Å². The first-order valence-corrected chi connectivity index (χ1v) is 15.9. The number of benzene rings is 1. The molecule has 0 atom stereocenters. The number of carbonyl (C=O) groups excluding carboxylic acids is 1. The summed E-state index contributed by atoms with van der Waals surface area (Å²) in [6.45, 7) is 2.20. The molecule has 1 aromatic carbocycles. The molecule has 1 amide bonds. The van der Waals surface area contributed by atoms with Gasteiger partial charge in [0.05, 0.1) is 40.5 Å². The number of rotatable bonds is 5. The van der Waals surface area contributed by atoms with Crippen molar-refractivity contribution in [3.05, 3.63) is 51.5 Å². The van der Waals surface area contributed by atoms with E-state index in [0.717, 1.165) is 55.2 Å². The molecule has 41 heavy (non-hydrogen) atoms. The molecule has 1 saturated carbocycles. The highest BCUT2D eigenvalue weighted by Gasteiger charge is 2.41. The summed E-state index contributed by atoms with van der Waals surface area (Å²) < 4.78 is 73.8. The normalized spacial score (nSPS) is 20.7. The first-order valence-electron chi connectivity index (χ1n) is 13.4. The Balaban J connectivity index is 1.31. The monoisotopic (exact) mass is 605 g/mol. The number of halogens is 3. The van der Waals surface area contributed by atoms with Crippen LogP contribution in [0.15, 0.2) is 29.3 Å². The maximum Gasteiger partial charge on any atom is 0.420 e. The SMILES string of the molecule is O=C1c2sc(-c3nc(Nc4cc5c(cc4C4CC4)CNCC5)ncc3C(F)(F)F)cc2S(=O)(=O)CCN1C1COC1. The number of fused-ring (bicyclic) bond motifs is 2. The van der Waals surface area contributed by atoms with E-state index in [9.17, 15) is 26.4 Å². The Morgan fingerprint density at radius 1 is 1.15 bits per heavy atom. The summed E-state index contributed by atoms with van der Waals surface area (Å²) in [4.78, 5) is 22.6. The minimum atomic E-state index is -4.80. The molecule has 9 nitrogen and oxygen atoms in total. The highest BCUT2D eigenvalue weighted by Crippen LogP contribution is 2.46. The summed E-state index contributed by atoms with van der Waals surface area (Å²) in [5, 5.41) is 6.52. The molecule has 14 heteroatoms. The van der Waals surface area contributed by atoms with Gasteiger partial charge < -0.3 is 20.3 Å². The van der Waals surface area contributed by atoms with Gasteiger partial charge in [-0.3, -0.25) is 4.79 Å². The summed E-state index contributed by atoms with van der Waals surface area (Å²) in [6, 6.07) is 5.07. The van der Waals surface area contributed by atoms with Gasteiger partial charge >= 0.3 is 6.18 Å². The molecule has 2 fully saturated rings. The van der Waals surface area contributed by atoms with Crippen LogP contribution in [0.2, 0.25) is 0 Å². The number of carbonyl (C=O) groups is 1. The average Bonchev–Trinajstić information content (AvgIpc) is 3.66. The number of anilines is 2. The quantitative estimate of drug-likeness (QED) is 0.447. The smallest absolute Gasteiger partial charge is 0.377 e. The second-order valence-electron chi connectivity index (χ2n) is 10.8. The van der Waals surface area contributed by atoms with Gasteiger partial charge in [0.1, 0.15) is 10.4 Å². The lowest BCUT2D eigenvalue weighted by molar-refractivity contribution is -0.137. The van der Waals surface area contributed by atoms with Gasteiger partial charge in [-0.2, -0.15) is 13.2 Å². The number of thiophene rings is 1. The summed E-state index contributed by atoms with van der Waals surface area (Å²) in [6.07, 6.45) is -1.18. The third-order valence-corrected chi connectivity index (χ3v) is 11.0. The summed E-state index contributed by atoms with van der Waals surface area (Å²) in [5.74, 6) is -0.510. The average molecular weight is 606 g/mol. The second kappa shape index (κ2) is 9.75. The molecule has 3 aliphatic heterocycles. The molecular weight excluding hydrogens is 579 g/mol. The standard InChI is InChI=1S/C27H26F3N5O4S2/c28-27(29,30)19-11-32-26(33-20-8-15-3-4-31-10-16(15)7-18(20)14-1-2-14)34-23(19)21-9-22-24(40-21)25(36)35(17-12-39-13-17)5-6-41(22,37)38/h7-9,11,14,17,31H,1-6,10,12-13H2,(H,32,33,34). The topological polar surface area (TPSA) is 114 Å². The fourth-order valence-corrected chi connectivity index (χ4v) is 8.45. The molecule has 2 aromatic heterocycles. The second-order valence-corrected chi connectivity index (χ2v) is 13.9. The van der Waals surface area contributed by atoms with Gasteiger partial charge in [-0.05, 0) is 60.5 Å². The van der Waals surface area contributed by atoms with Gasteiger partial charge in [0.25, 0.3) is 5.91 Å². The van der Waals surface area contributed by atoms with Crippen molar-refractivity contribution in [2.24, 2.45) is 0 Å². The zero-order chi connectivity index (χ0) is 28.5. The number of aromatic nitrogens is 2. The van der Waals surface area contributed by atoms with Crippen LogP contribution in [-0.2, 0) is 33.7 Å². The van der Waals surface area contributed by atoms with Gasteiger partial charge in [-0.25, -0.2) is 18.4 Å². The Kier molecular flexibility index (Phi) is 6.37. The van der Waals surface area contributed by atoms with E-state index in [1.807, 2.05) is 6.07 Å². The molecule has 1 saturated heterocycles. The molecule has 7 rings (SSSR count). The van der Waals surface area contributed by atoms with Crippen molar-refractivity contribution < 1.29 is 31.1 Å². The largest absolute Gasteiger partial charge is 0.420 e. The summed E-state index contributed by atoms with van der Waals surface area (Å²) in [5.41, 5.74) is 2.65. The van der Waals surface area contributed by atoms with E-state index in [-0.39, 0.29) is 38.9 Å². The van der Waals surface area contributed by atoms with Crippen LogP contribution in [-0.4, -0.2) is 67.3 Å². The van der Waals surface area contributed by atoms with E-state index in [1.165, 1.54) is 10.5 Å². The zero-order valence-electron chi connectivity index (χ0n) is 21.8. The maximum atomic E-state index is 14.1. The summed E-state index contributed by atoms with van der Waals surface area (Å²) >= 11 is 0.714. The van der Waals surface area contributed by atoms with Crippen LogP contribution in [0.4, 0.5) is 24.8 Å². The molecular formula is C27H26F3N5O4S2. The van der Waals surface area contributed by atoms with Gasteiger partial charge in [0.2, 0.25) is 5.95 Å². The Morgan fingerprint density at radius 2 is 1.95 bits per heavy atom. The van der Waals surface area contributed by atoms with E-state index in [0.29, 0.717) is 36.7 Å². The van der Waals surface area contributed by atoms with Crippen molar-refractivity contribution in [1.29, 1.82) is 0 Å². The molecule has 216 valence electrons. The Bertz CT molecular complexity index is 1670. The van der Waals surface area contributed by atoms with Crippen molar-refractivity contribution in [2.45, 2.75) is 48.8 Å². The Hall–Kier alpha value is -3.07. The van der Waals surface area contributed by atoms with Crippen LogP contribution in [0.25, 0.3) is 10.6 Å². The predicted octanol–water partition coefficient (Wildman–Crippen LogP) is 4.12. The van der Waals surface area contributed by atoms with Crippen molar-refractivity contribution in [1.82, 2.24) is 20.2 Å². The highest BCUT2D eigenvalue weighted by atomic mass is 32.2. The fourth-order valence-electron chi connectivity index (χ4n) is 5.53. The Labute approximate surface area is 238 Å². The molecule has 0 bridgehead atoms. The van der Waals surface area contributed by atoms with Crippen LogP contribution < -0.4 is 10.6 Å². The number of ether oxygens (including phenoxy) is 1. The number of hydrogen-bond donors (Lipinski definition) is 2. The minimum absolute atomic E-state index is 0.00146. The third-order valence-electron chi connectivity index (χ3n) is 8.00. The molecule has 3 aromatic rings. The number of sulfone groups is 1. The predicted molar refractivity (Wildman–Crippen MR) is 145 cm³/mol. The molecule has 5 heterocycles. The zero-order valence-corrected chi connectivity index (χ0v) is 23.4. The highest BCUT2D eigenvalue weighted by molar-refractivity contribution is 7.91. The van der Waals surface area contributed by atoms with Gasteiger partial charge in [-0.1, -0.05) is 6.07 Å². The molecule has 0 unspecified atom stereocenters. The lowest BCUT2D eigenvalue weighted by Crippen LogP contribution is -2.52. The lowest BCUT2D eigenvalue weighted by atomic mass is 9.95. The van der Waals surface area contributed by atoms with Crippen molar-refractivity contribution >= 4 is 38.7 Å². The van der Waals surface area contributed by atoms with E-state index in [2.05, 4.69) is 26.7 Å². The summed E-state index contributed by atoms with van der Waals surface area (Å²) in [7, 11) is -3.91. The van der Waals surface area contributed by atoms with Gasteiger partial charge in [-0.15, -0.1) is 11.3 Å². The fraction of sp³-hybridized carbons (Fsp3) is 0.444. The van der Waals surface area contributed by atoms with Crippen molar-refractivity contribution in [3.8, 4) is 10.6 Å². The van der Waals surface area contributed by atoms with Crippen LogP contribution in [0.3, 0.4) is 0 Å². The third kappa shape index (κ3) is 4.90. The van der Waals surface area contributed by atoms with E-state index < -0.39 is 33.2 Å². The number of nitrogens with zero attached hydrogens (tertiary/aromatic N) is 3. The number of alkyl halides is 3. The van der Waals surface area contributed by atoms with Crippen LogP contribution >= 0.6 is 11.3 Å². The first-order chi connectivity index (χ1) is 19.6. The molecule has 1 aliphatic carbocycles. The molecule has 2 N–H and O–H groups in total. The lowest BCUT2D eigenvalue weighted by Gasteiger charge is -2.36. The van der Waals surface area contributed by atoms with Crippen LogP contribution in [0.5, 0.6) is 0 Å². The number of hydrogen-bond acceptors (Lipinski definition) is 9. The molecule has 0 radical (unpaired) electrons. The Morgan fingerprint density at radius 3 is 2.66 bits per heavy atom. The number of amides is 1. The van der Waals surface area contributed by atoms with E-state index in [1.54, 1.807) is 0 Å². The minimum Gasteiger partial charge on any atom is -0.377 e.